The van der Waals surface area contributed by atoms with Gasteiger partial charge in [-0.25, -0.2) is 13.1 Å². The molecule has 1 aromatic heterocycles. The van der Waals surface area contributed by atoms with E-state index in [2.05, 4.69) is 9.62 Å². The second-order valence-corrected chi connectivity index (χ2v) is 10.3. The van der Waals surface area contributed by atoms with Gasteiger partial charge >= 0.3 is 0 Å². The molecule has 0 aliphatic carbocycles. The SMILES string of the molecule is Cn1ccc2c(S(=O)(=O)NCC3CCN(CCOc4cccc5c4OCCO5)C3)cccc21. The number of hydrogen-bond acceptors (Lipinski definition) is 6. The summed E-state index contributed by atoms with van der Waals surface area (Å²) < 4.78 is 47.9. The largest absolute Gasteiger partial charge is 0.488 e. The van der Waals surface area contributed by atoms with Crippen LogP contribution in [0.4, 0.5) is 0 Å². The molecule has 1 unspecified atom stereocenters. The van der Waals surface area contributed by atoms with Crippen LogP contribution in [-0.2, 0) is 17.1 Å². The number of rotatable bonds is 8. The van der Waals surface area contributed by atoms with Crippen LogP contribution in [0, 0.1) is 5.92 Å². The zero-order chi connectivity index (χ0) is 22.8. The molecule has 2 aliphatic heterocycles. The van der Waals surface area contributed by atoms with Crippen LogP contribution in [0.15, 0.2) is 53.6 Å². The van der Waals surface area contributed by atoms with E-state index in [9.17, 15) is 8.42 Å². The van der Waals surface area contributed by atoms with Crippen LogP contribution in [0.2, 0.25) is 0 Å². The predicted molar refractivity (Wildman–Crippen MR) is 126 cm³/mol. The third-order valence-electron chi connectivity index (χ3n) is 6.30. The third-order valence-corrected chi connectivity index (χ3v) is 7.79. The summed E-state index contributed by atoms with van der Waals surface area (Å²) in [4.78, 5) is 2.64. The van der Waals surface area contributed by atoms with Gasteiger partial charge in [0.05, 0.1) is 4.90 Å². The Labute approximate surface area is 194 Å². The molecule has 1 atom stereocenters. The van der Waals surface area contributed by atoms with Crippen LogP contribution >= 0.6 is 0 Å². The smallest absolute Gasteiger partial charge is 0.241 e. The molecule has 0 amide bonds. The van der Waals surface area contributed by atoms with Crippen molar-refractivity contribution in [2.24, 2.45) is 13.0 Å². The van der Waals surface area contributed by atoms with Gasteiger partial charge in [0, 0.05) is 43.8 Å². The maximum Gasteiger partial charge on any atom is 0.241 e. The van der Waals surface area contributed by atoms with Gasteiger partial charge < -0.3 is 18.8 Å². The van der Waals surface area contributed by atoms with E-state index < -0.39 is 10.0 Å². The zero-order valence-electron chi connectivity index (χ0n) is 18.7. The fourth-order valence-electron chi connectivity index (χ4n) is 4.54. The number of aromatic nitrogens is 1. The topological polar surface area (TPSA) is 82.0 Å². The molecule has 3 heterocycles. The average Bonchev–Trinajstić information content (AvgIpc) is 3.44. The Bertz CT molecular complexity index is 1240. The molecule has 33 heavy (non-hydrogen) atoms. The number of likely N-dealkylation sites (tertiary alicyclic amines) is 1. The fourth-order valence-corrected chi connectivity index (χ4v) is 5.87. The summed E-state index contributed by atoms with van der Waals surface area (Å²) in [5.74, 6) is 2.37. The highest BCUT2D eigenvalue weighted by Gasteiger charge is 2.26. The molecule has 0 radical (unpaired) electrons. The summed E-state index contributed by atoms with van der Waals surface area (Å²) in [6, 6.07) is 12.9. The van der Waals surface area contributed by atoms with Crippen molar-refractivity contribution in [3.63, 3.8) is 0 Å². The number of aryl methyl sites for hydroxylation is 1. The normalized spacial score (nSPS) is 18.6. The van der Waals surface area contributed by atoms with Crippen LogP contribution in [0.3, 0.4) is 0 Å². The van der Waals surface area contributed by atoms with Crippen molar-refractivity contribution in [2.45, 2.75) is 11.3 Å². The van der Waals surface area contributed by atoms with Crippen LogP contribution < -0.4 is 18.9 Å². The number of nitrogens with zero attached hydrogens (tertiary/aromatic N) is 2. The molecule has 5 rings (SSSR count). The Morgan fingerprint density at radius 1 is 1.12 bits per heavy atom. The van der Waals surface area contributed by atoms with Gasteiger partial charge in [0.1, 0.15) is 19.8 Å². The minimum atomic E-state index is -3.57. The van der Waals surface area contributed by atoms with Crippen molar-refractivity contribution in [1.82, 2.24) is 14.2 Å². The van der Waals surface area contributed by atoms with E-state index in [1.165, 1.54) is 0 Å². The van der Waals surface area contributed by atoms with Gasteiger partial charge in [-0.3, -0.25) is 4.90 Å². The Morgan fingerprint density at radius 3 is 2.88 bits per heavy atom. The maximum atomic E-state index is 13.0. The van der Waals surface area contributed by atoms with Gasteiger partial charge in [-0.2, -0.15) is 0 Å². The Kier molecular flexibility index (Phi) is 6.18. The highest BCUT2D eigenvalue weighted by atomic mass is 32.2. The van der Waals surface area contributed by atoms with Crippen LogP contribution in [0.5, 0.6) is 17.2 Å². The number of nitrogens with one attached hydrogen (secondary N) is 1. The van der Waals surface area contributed by atoms with Crippen LogP contribution in [-0.4, -0.2) is 63.9 Å². The Balaban J connectivity index is 1.12. The summed E-state index contributed by atoms with van der Waals surface area (Å²) >= 11 is 0. The van der Waals surface area contributed by atoms with Crippen molar-refractivity contribution >= 4 is 20.9 Å². The number of ether oxygens (including phenoxy) is 3. The molecule has 1 N–H and O–H groups in total. The lowest BCUT2D eigenvalue weighted by Gasteiger charge is -2.22. The van der Waals surface area contributed by atoms with Crippen LogP contribution in [0.1, 0.15) is 6.42 Å². The van der Waals surface area contributed by atoms with Crippen molar-refractivity contribution in [2.75, 3.05) is 46.0 Å². The Hall–Kier alpha value is -2.75. The average molecular weight is 472 g/mol. The molecule has 9 heteroatoms. The molecule has 8 nitrogen and oxygen atoms in total. The van der Waals surface area contributed by atoms with E-state index in [-0.39, 0.29) is 5.92 Å². The molecule has 1 saturated heterocycles. The highest BCUT2D eigenvalue weighted by molar-refractivity contribution is 7.89. The molecular weight excluding hydrogens is 442 g/mol. The van der Waals surface area contributed by atoms with E-state index in [1.54, 1.807) is 12.1 Å². The van der Waals surface area contributed by atoms with Gasteiger partial charge in [-0.15, -0.1) is 0 Å². The van der Waals surface area contributed by atoms with Crippen molar-refractivity contribution < 1.29 is 22.6 Å². The zero-order valence-corrected chi connectivity index (χ0v) is 19.5. The fraction of sp³-hybridized carbons (Fsp3) is 0.417. The molecule has 1 fully saturated rings. The standard InChI is InChI=1S/C24H29N3O5S/c1-26-10-9-19-20(26)4-2-7-23(19)33(28,29)25-16-18-8-11-27(17-18)12-13-30-21-5-3-6-22-24(21)32-15-14-31-22/h2-7,9-10,18,25H,8,11-17H2,1H3. The minimum Gasteiger partial charge on any atom is -0.488 e. The molecule has 0 spiro atoms. The lowest BCUT2D eigenvalue weighted by Crippen LogP contribution is -2.32. The monoisotopic (exact) mass is 471 g/mol. The molecule has 2 aliphatic rings. The number of benzene rings is 2. The molecule has 3 aromatic rings. The number of sulfonamides is 1. The second kappa shape index (κ2) is 9.24. The first-order valence-corrected chi connectivity index (χ1v) is 12.8. The van der Waals surface area contributed by atoms with Gasteiger partial charge in [-0.1, -0.05) is 12.1 Å². The maximum absolute atomic E-state index is 13.0. The molecule has 0 saturated carbocycles. The van der Waals surface area contributed by atoms with Gasteiger partial charge in [0.15, 0.2) is 11.5 Å². The van der Waals surface area contributed by atoms with Crippen molar-refractivity contribution in [1.29, 1.82) is 0 Å². The van der Waals surface area contributed by atoms with Crippen LogP contribution in [0.25, 0.3) is 10.9 Å². The number of fused-ring (bicyclic) bond motifs is 2. The van der Waals surface area contributed by atoms with E-state index >= 15 is 0 Å². The van der Waals surface area contributed by atoms with Crippen molar-refractivity contribution in [3.8, 4) is 17.2 Å². The van der Waals surface area contributed by atoms with Crippen molar-refractivity contribution in [3.05, 3.63) is 48.7 Å². The number of hydrogen-bond donors (Lipinski definition) is 1. The number of para-hydroxylation sites is 1. The van der Waals surface area contributed by atoms with Gasteiger partial charge in [-0.05, 0) is 49.2 Å². The van der Waals surface area contributed by atoms with E-state index in [0.29, 0.717) is 42.8 Å². The summed E-state index contributed by atoms with van der Waals surface area (Å²) in [6.45, 7) is 4.59. The van der Waals surface area contributed by atoms with E-state index in [0.717, 1.165) is 42.7 Å². The first-order chi connectivity index (χ1) is 16.0. The Morgan fingerprint density at radius 2 is 1.97 bits per heavy atom. The highest BCUT2D eigenvalue weighted by Crippen LogP contribution is 2.38. The summed E-state index contributed by atoms with van der Waals surface area (Å²) in [5.41, 5.74) is 0.904. The molecule has 176 valence electrons. The minimum absolute atomic E-state index is 0.274. The lowest BCUT2D eigenvalue weighted by atomic mass is 10.1. The molecular formula is C24H29N3O5S. The predicted octanol–water partition coefficient (Wildman–Crippen LogP) is 2.63. The summed E-state index contributed by atoms with van der Waals surface area (Å²) in [5, 5.41) is 0.746. The quantitative estimate of drug-likeness (QED) is 0.544. The lowest BCUT2D eigenvalue weighted by molar-refractivity contribution is 0.158. The second-order valence-electron chi connectivity index (χ2n) is 8.55. The summed E-state index contributed by atoms with van der Waals surface area (Å²) in [6.07, 6.45) is 2.83. The first kappa shape index (κ1) is 22.1. The van der Waals surface area contributed by atoms with Gasteiger partial charge in [0.2, 0.25) is 15.8 Å². The molecule has 2 aromatic carbocycles. The van der Waals surface area contributed by atoms with E-state index in [4.69, 9.17) is 14.2 Å². The molecule has 0 bridgehead atoms. The van der Waals surface area contributed by atoms with E-state index in [1.807, 2.05) is 48.1 Å². The third kappa shape index (κ3) is 4.66. The van der Waals surface area contributed by atoms with Gasteiger partial charge in [0.25, 0.3) is 0 Å². The summed E-state index contributed by atoms with van der Waals surface area (Å²) in [7, 11) is -1.66. The first-order valence-electron chi connectivity index (χ1n) is 11.3.